The van der Waals surface area contributed by atoms with E-state index in [2.05, 4.69) is 20.8 Å². The smallest absolute Gasteiger partial charge is 0.316 e. The second kappa shape index (κ2) is 9.93. The first-order valence-electron chi connectivity index (χ1n) is 9.85. The molecule has 162 valence electrons. The second-order valence-electron chi connectivity index (χ2n) is 6.81. The number of nitrogens with zero attached hydrogens (tertiary/aromatic N) is 2. The number of benzene rings is 3. The van der Waals surface area contributed by atoms with Crippen LogP contribution in [0.4, 0.5) is 0 Å². The molecule has 32 heavy (non-hydrogen) atoms. The fourth-order valence-electron chi connectivity index (χ4n) is 3.03. The van der Waals surface area contributed by atoms with E-state index in [1.165, 1.54) is 0 Å². The van der Waals surface area contributed by atoms with Crippen molar-refractivity contribution in [3.05, 3.63) is 77.6 Å². The Labute approximate surface area is 188 Å². The van der Waals surface area contributed by atoms with Crippen LogP contribution in [0.5, 0.6) is 5.75 Å². The summed E-state index contributed by atoms with van der Waals surface area (Å²) in [7, 11) is 0. The van der Waals surface area contributed by atoms with Gasteiger partial charge in [0.25, 0.3) is 5.91 Å². The second-order valence-corrected chi connectivity index (χ2v) is 7.24. The number of nitrogens with one attached hydrogen (secondary N) is 2. The highest BCUT2D eigenvalue weighted by Gasteiger charge is 2.16. The Bertz CT molecular complexity index is 1250. The molecular weight excluding hydrogens is 432 g/mol. The summed E-state index contributed by atoms with van der Waals surface area (Å²) in [6.45, 7) is 0.279. The molecular formula is C23H19ClN4O4. The molecule has 8 nitrogen and oxygen atoms in total. The summed E-state index contributed by atoms with van der Waals surface area (Å²) in [6, 6.07) is 20.3. The van der Waals surface area contributed by atoms with Gasteiger partial charge in [-0.3, -0.25) is 9.59 Å². The molecule has 0 atom stereocenters. The van der Waals surface area contributed by atoms with E-state index in [1.807, 2.05) is 42.5 Å². The number of halogens is 1. The van der Waals surface area contributed by atoms with E-state index >= 15 is 0 Å². The monoisotopic (exact) mass is 450 g/mol. The number of amides is 2. The van der Waals surface area contributed by atoms with Gasteiger partial charge < -0.3 is 19.9 Å². The van der Waals surface area contributed by atoms with Gasteiger partial charge in [-0.25, -0.2) is 0 Å². The predicted molar refractivity (Wildman–Crippen MR) is 120 cm³/mol. The van der Waals surface area contributed by atoms with Crippen molar-refractivity contribution in [1.29, 1.82) is 0 Å². The van der Waals surface area contributed by atoms with E-state index in [0.717, 1.165) is 10.8 Å². The Kier molecular flexibility index (Phi) is 6.62. The van der Waals surface area contributed by atoms with E-state index in [1.54, 1.807) is 24.3 Å². The van der Waals surface area contributed by atoms with Crippen molar-refractivity contribution in [3.8, 4) is 17.1 Å². The Hall–Kier alpha value is -3.91. The minimum atomic E-state index is -0.535. The molecule has 9 heteroatoms. The van der Waals surface area contributed by atoms with Crippen molar-refractivity contribution in [2.75, 3.05) is 19.7 Å². The molecule has 0 saturated carbocycles. The first kappa shape index (κ1) is 21.3. The average molecular weight is 451 g/mol. The van der Waals surface area contributed by atoms with Crippen molar-refractivity contribution in [3.63, 3.8) is 0 Å². The van der Waals surface area contributed by atoms with Crippen LogP contribution < -0.4 is 15.4 Å². The molecule has 0 spiro atoms. The Morgan fingerprint density at radius 2 is 1.75 bits per heavy atom. The lowest BCUT2D eigenvalue weighted by Crippen LogP contribution is -2.36. The van der Waals surface area contributed by atoms with Crippen LogP contribution in [0.1, 0.15) is 10.7 Å². The van der Waals surface area contributed by atoms with Gasteiger partial charge in [-0.05, 0) is 23.6 Å². The molecule has 0 fully saturated rings. The molecule has 0 aliphatic heterocycles. The molecule has 0 aliphatic carbocycles. The van der Waals surface area contributed by atoms with Crippen LogP contribution in [0, 0.1) is 0 Å². The maximum absolute atomic E-state index is 12.2. The summed E-state index contributed by atoms with van der Waals surface area (Å²) < 4.78 is 10.6. The number of aromatic nitrogens is 2. The molecule has 0 radical (unpaired) electrons. The molecule has 0 bridgehead atoms. The van der Waals surface area contributed by atoms with Crippen LogP contribution >= 0.6 is 11.6 Å². The van der Waals surface area contributed by atoms with E-state index < -0.39 is 5.91 Å². The number of carbonyl (C=O) groups is 2. The van der Waals surface area contributed by atoms with Gasteiger partial charge in [0.05, 0.1) is 0 Å². The number of rotatable bonds is 8. The van der Waals surface area contributed by atoms with Crippen molar-refractivity contribution < 1.29 is 18.8 Å². The van der Waals surface area contributed by atoms with Crippen LogP contribution in [0.15, 0.2) is 71.3 Å². The highest BCUT2D eigenvalue weighted by atomic mass is 35.5. The maximum atomic E-state index is 12.2. The molecule has 4 aromatic rings. The molecule has 0 unspecified atom stereocenters. The number of fused-ring (bicyclic) bond motifs is 1. The summed E-state index contributed by atoms with van der Waals surface area (Å²) in [4.78, 5) is 28.3. The number of hydrogen-bond donors (Lipinski definition) is 2. The summed E-state index contributed by atoms with van der Waals surface area (Å²) in [5.74, 6) is -0.110. The minimum absolute atomic E-state index is 0.130. The van der Waals surface area contributed by atoms with Gasteiger partial charge in [0.2, 0.25) is 5.82 Å². The molecule has 2 amide bonds. The Morgan fingerprint density at radius 1 is 0.969 bits per heavy atom. The molecule has 0 saturated heterocycles. The lowest BCUT2D eigenvalue weighted by Gasteiger charge is -2.10. The van der Waals surface area contributed by atoms with E-state index in [4.69, 9.17) is 20.9 Å². The average Bonchev–Trinajstić information content (AvgIpc) is 3.31. The standard InChI is InChI=1S/C23H19ClN4O4/c24-17-8-3-7-16(13-17)21-27-23(32-28-21)22(30)26-12-11-25-20(29)14-31-19-10-4-6-15-5-1-2-9-18(15)19/h1-10,13H,11-12,14H2,(H,25,29)(H,26,30). The van der Waals surface area contributed by atoms with E-state index in [-0.39, 0.29) is 37.3 Å². The van der Waals surface area contributed by atoms with Crippen molar-refractivity contribution >= 4 is 34.2 Å². The number of hydrogen-bond acceptors (Lipinski definition) is 6. The van der Waals surface area contributed by atoms with Crippen LogP contribution in [0.25, 0.3) is 22.2 Å². The van der Waals surface area contributed by atoms with E-state index in [0.29, 0.717) is 16.3 Å². The highest BCUT2D eigenvalue weighted by Crippen LogP contribution is 2.25. The largest absolute Gasteiger partial charge is 0.483 e. The summed E-state index contributed by atoms with van der Waals surface area (Å²) in [5, 5.41) is 11.6. The molecule has 3 aromatic carbocycles. The van der Waals surface area contributed by atoms with Crippen molar-refractivity contribution in [1.82, 2.24) is 20.8 Å². The molecule has 1 aromatic heterocycles. The number of ether oxygens (including phenoxy) is 1. The third-order valence-corrected chi connectivity index (χ3v) is 4.78. The SMILES string of the molecule is O=C(COc1cccc2ccccc12)NCCNC(=O)c1nc(-c2cccc(Cl)c2)no1. The fraction of sp³-hybridized carbons (Fsp3) is 0.130. The third kappa shape index (κ3) is 5.22. The van der Waals surface area contributed by atoms with Crippen molar-refractivity contribution in [2.24, 2.45) is 0 Å². The fourth-order valence-corrected chi connectivity index (χ4v) is 3.22. The van der Waals surface area contributed by atoms with Crippen LogP contribution in [-0.4, -0.2) is 41.7 Å². The van der Waals surface area contributed by atoms with Gasteiger partial charge in [-0.2, -0.15) is 4.98 Å². The Morgan fingerprint density at radius 3 is 2.62 bits per heavy atom. The minimum Gasteiger partial charge on any atom is -0.483 e. The zero-order valence-electron chi connectivity index (χ0n) is 16.9. The summed E-state index contributed by atoms with van der Waals surface area (Å²) in [5.41, 5.74) is 0.638. The van der Waals surface area contributed by atoms with Gasteiger partial charge in [0, 0.05) is 29.1 Å². The van der Waals surface area contributed by atoms with Crippen LogP contribution in [-0.2, 0) is 4.79 Å². The lowest BCUT2D eigenvalue weighted by molar-refractivity contribution is -0.123. The molecule has 2 N–H and O–H groups in total. The first-order valence-corrected chi connectivity index (χ1v) is 10.2. The van der Waals surface area contributed by atoms with Gasteiger partial charge in [0.1, 0.15) is 5.75 Å². The Balaban J connectivity index is 1.21. The van der Waals surface area contributed by atoms with Gasteiger partial charge in [-0.1, -0.05) is 65.3 Å². The van der Waals surface area contributed by atoms with Gasteiger partial charge >= 0.3 is 11.8 Å². The predicted octanol–water partition coefficient (Wildman–Crippen LogP) is 3.47. The molecule has 1 heterocycles. The quantitative estimate of drug-likeness (QED) is 0.398. The third-order valence-electron chi connectivity index (χ3n) is 4.54. The van der Waals surface area contributed by atoms with Crippen molar-refractivity contribution in [2.45, 2.75) is 0 Å². The summed E-state index contributed by atoms with van der Waals surface area (Å²) in [6.07, 6.45) is 0. The van der Waals surface area contributed by atoms with Crippen LogP contribution in [0.3, 0.4) is 0 Å². The van der Waals surface area contributed by atoms with Gasteiger partial charge in [0.15, 0.2) is 6.61 Å². The maximum Gasteiger partial charge on any atom is 0.316 e. The topological polar surface area (TPSA) is 106 Å². The first-order chi connectivity index (χ1) is 15.6. The molecule has 4 rings (SSSR count). The van der Waals surface area contributed by atoms with E-state index in [9.17, 15) is 9.59 Å². The van der Waals surface area contributed by atoms with Crippen LogP contribution in [0.2, 0.25) is 5.02 Å². The van der Waals surface area contributed by atoms with Gasteiger partial charge in [-0.15, -0.1) is 0 Å². The molecule has 0 aliphatic rings. The number of carbonyl (C=O) groups excluding carboxylic acids is 2. The zero-order chi connectivity index (χ0) is 22.3. The normalized spacial score (nSPS) is 10.7. The summed E-state index contributed by atoms with van der Waals surface area (Å²) >= 11 is 5.95. The zero-order valence-corrected chi connectivity index (χ0v) is 17.6. The lowest BCUT2D eigenvalue weighted by atomic mass is 10.1. The highest BCUT2D eigenvalue weighted by molar-refractivity contribution is 6.30.